The molecule has 2 heterocycles. The molecule has 1 atom stereocenters. The Morgan fingerprint density at radius 2 is 2.20 bits per heavy atom. The van der Waals surface area contributed by atoms with Crippen LogP contribution in [0.2, 0.25) is 0 Å². The van der Waals surface area contributed by atoms with Crippen molar-refractivity contribution < 1.29 is 4.79 Å². The lowest BCUT2D eigenvalue weighted by Gasteiger charge is -2.14. The first-order valence-electron chi connectivity index (χ1n) is 6.55. The van der Waals surface area contributed by atoms with E-state index in [4.69, 9.17) is 0 Å². The summed E-state index contributed by atoms with van der Waals surface area (Å²) in [7, 11) is 0. The minimum absolute atomic E-state index is 0.0627. The van der Waals surface area contributed by atoms with Crippen molar-refractivity contribution in [1.82, 2.24) is 20.0 Å². The lowest BCUT2D eigenvalue weighted by molar-refractivity contribution is -0.119. The summed E-state index contributed by atoms with van der Waals surface area (Å²) in [6.45, 7) is 8.15. The van der Waals surface area contributed by atoms with Crippen molar-refractivity contribution in [2.24, 2.45) is 0 Å². The minimum Gasteiger partial charge on any atom is -0.299 e. The summed E-state index contributed by atoms with van der Waals surface area (Å²) >= 11 is 1.41. The van der Waals surface area contributed by atoms with E-state index >= 15 is 0 Å². The van der Waals surface area contributed by atoms with Crippen LogP contribution in [0.25, 0.3) is 0 Å². The second kappa shape index (κ2) is 5.70. The Labute approximate surface area is 122 Å². The normalized spacial score (nSPS) is 13.2. The fourth-order valence-corrected chi connectivity index (χ4v) is 2.53. The van der Waals surface area contributed by atoms with Crippen molar-refractivity contribution in [2.45, 2.75) is 45.6 Å². The van der Waals surface area contributed by atoms with E-state index in [0.29, 0.717) is 11.6 Å². The maximum absolute atomic E-state index is 12.3. The zero-order valence-corrected chi connectivity index (χ0v) is 12.9. The Balaban J connectivity index is 2.09. The van der Waals surface area contributed by atoms with Gasteiger partial charge in [0, 0.05) is 17.8 Å². The molecule has 0 aliphatic carbocycles. The average molecular weight is 293 g/mol. The Morgan fingerprint density at radius 3 is 2.70 bits per heavy atom. The van der Waals surface area contributed by atoms with Crippen LogP contribution in [-0.4, -0.2) is 25.9 Å². The van der Waals surface area contributed by atoms with Gasteiger partial charge in [0.1, 0.15) is 11.0 Å². The van der Waals surface area contributed by atoms with Gasteiger partial charge in [-0.25, -0.2) is 0 Å². The number of hydrogen-bond acceptors (Lipinski definition) is 5. The van der Waals surface area contributed by atoms with Crippen molar-refractivity contribution in [1.29, 1.82) is 0 Å². The number of hydrogen-bond donors (Lipinski definition) is 1. The van der Waals surface area contributed by atoms with Gasteiger partial charge in [-0.2, -0.15) is 5.10 Å². The summed E-state index contributed by atoms with van der Waals surface area (Å²) in [6, 6.07) is 1.48. The molecule has 0 spiro atoms. The maximum Gasteiger partial charge on any atom is 0.251 e. The highest BCUT2D eigenvalue weighted by molar-refractivity contribution is 7.15. The number of carbonyl (C=O) groups excluding carboxylic acids is 1. The van der Waals surface area contributed by atoms with E-state index in [-0.39, 0.29) is 17.4 Å². The molecule has 0 aliphatic rings. The predicted molar refractivity (Wildman–Crippen MR) is 78.8 cm³/mol. The third-order valence-corrected chi connectivity index (χ3v) is 4.09. The molecule has 0 aromatic carbocycles. The first-order chi connectivity index (χ1) is 9.41. The van der Waals surface area contributed by atoms with Crippen molar-refractivity contribution in [3.8, 4) is 0 Å². The van der Waals surface area contributed by atoms with Crippen LogP contribution in [0.5, 0.6) is 0 Å². The molecule has 2 aromatic heterocycles. The van der Waals surface area contributed by atoms with Crippen molar-refractivity contribution in [3.63, 3.8) is 0 Å². The highest BCUT2D eigenvalue weighted by Crippen LogP contribution is 2.28. The van der Waals surface area contributed by atoms with Crippen LogP contribution < -0.4 is 5.32 Å². The van der Waals surface area contributed by atoms with Crippen molar-refractivity contribution in [2.75, 3.05) is 5.32 Å². The molecule has 0 fully saturated rings. The fraction of sp³-hybridized carbons (Fsp3) is 0.538. The number of carbonyl (C=O) groups is 1. The van der Waals surface area contributed by atoms with Gasteiger partial charge in [-0.05, 0) is 12.5 Å². The third-order valence-electron chi connectivity index (χ3n) is 2.83. The van der Waals surface area contributed by atoms with Gasteiger partial charge in [0.15, 0.2) is 0 Å². The second-order valence-electron chi connectivity index (χ2n) is 5.56. The number of anilines is 1. The molecule has 0 saturated carbocycles. The zero-order chi connectivity index (χ0) is 14.8. The van der Waals surface area contributed by atoms with Crippen molar-refractivity contribution in [3.05, 3.63) is 23.5 Å². The molecule has 0 aliphatic heterocycles. The number of rotatable bonds is 4. The molecule has 1 amide bonds. The second-order valence-corrected chi connectivity index (χ2v) is 6.54. The summed E-state index contributed by atoms with van der Waals surface area (Å²) in [4.78, 5) is 12.3. The minimum atomic E-state index is -0.327. The smallest absolute Gasteiger partial charge is 0.251 e. The Morgan fingerprint density at radius 1 is 1.45 bits per heavy atom. The monoisotopic (exact) mass is 293 g/mol. The van der Waals surface area contributed by atoms with Gasteiger partial charge >= 0.3 is 0 Å². The first-order valence-corrected chi connectivity index (χ1v) is 7.37. The molecule has 0 radical (unpaired) electrons. The molecule has 108 valence electrons. The van der Waals surface area contributed by atoms with Crippen LogP contribution in [0.15, 0.2) is 18.5 Å². The number of aromatic nitrogens is 4. The quantitative estimate of drug-likeness (QED) is 0.940. The Hall–Kier alpha value is -1.76. The summed E-state index contributed by atoms with van der Waals surface area (Å²) in [5, 5.41) is 16.5. The van der Waals surface area contributed by atoms with E-state index in [1.165, 1.54) is 11.3 Å². The van der Waals surface area contributed by atoms with Gasteiger partial charge in [-0.3, -0.25) is 14.8 Å². The van der Waals surface area contributed by atoms with Crippen LogP contribution in [0.1, 0.15) is 45.2 Å². The van der Waals surface area contributed by atoms with Crippen LogP contribution in [0, 0.1) is 0 Å². The van der Waals surface area contributed by atoms with Gasteiger partial charge in [0.25, 0.3) is 5.91 Å². The van der Waals surface area contributed by atoms with Gasteiger partial charge in [0.2, 0.25) is 5.13 Å². The summed E-state index contributed by atoms with van der Waals surface area (Å²) in [5.74, 6) is -0.118. The van der Waals surface area contributed by atoms with E-state index in [2.05, 4.69) is 41.4 Å². The zero-order valence-electron chi connectivity index (χ0n) is 12.1. The van der Waals surface area contributed by atoms with E-state index in [9.17, 15) is 4.79 Å². The van der Waals surface area contributed by atoms with Crippen LogP contribution in [0.4, 0.5) is 5.13 Å². The molecule has 0 bridgehead atoms. The SMILES string of the molecule is CCC(C(=O)Nc1nnc(C(C)(C)C)s1)n1cccn1. The van der Waals surface area contributed by atoms with Crippen LogP contribution >= 0.6 is 11.3 Å². The van der Waals surface area contributed by atoms with Gasteiger partial charge < -0.3 is 0 Å². The first kappa shape index (κ1) is 14.6. The van der Waals surface area contributed by atoms with E-state index in [1.807, 2.05) is 6.92 Å². The highest BCUT2D eigenvalue weighted by Gasteiger charge is 2.23. The van der Waals surface area contributed by atoms with Gasteiger partial charge in [-0.1, -0.05) is 39.0 Å². The molecule has 2 aromatic rings. The Kier molecular flexibility index (Phi) is 4.17. The largest absolute Gasteiger partial charge is 0.299 e. The molecular weight excluding hydrogens is 274 g/mol. The molecule has 0 saturated heterocycles. The van der Waals surface area contributed by atoms with Crippen LogP contribution in [0.3, 0.4) is 0 Å². The third kappa shape index (κ3) is 3.22. The van der Waals surface area contributed by atoms with Gasteiger partial charge in [0.05, 0.1) is 0 Å². The highest BCUT2D eigenvalue weighted by atomic mass is 32.1. The molecule has 20 heavy (non-hydrogen) atoms. The number of nitrogens with one attached hydrogen (secondary N) is 1. The summed E-state index contributed by atoms with van der Waals surface area (Å²) < 4.78 is 1.65. The molecule has 1 N–H and O–H groups in total. The number of amides is 1. The van der Waals surface area contributed by atoms with E-state index in [0.717, 1.165) is 5.01 Å². The van der Waals surface area contributed by atoms with Crippen LogP contribution in [-0.2, 0) is 10.2 Å². The summed E-state index contributed by atoms with van der Waals surface area (Å²) in [6.07, 6.45) is 4.12. The molecule has 2 rings (SSSR count). The molecule has 6 nitrogen and oxygen atoms in total. The molecular formula is C13H19N5OS. The van der Waals surface area contributed by atoms with Crippen molar-refractivity contribution >= 4 is 22.4 Å². The molecule has 1 unspecified atom stereocenters. The predicted octanol–water partition coefficient (Wildman–Crippen LogP) is 2.62. The van der Waals surface area contributed by atoms with Gasteiger partial charge in [-0.15, -0.1) is 10.2 Å². The standard InChI is InChI=1S/C13H19N5OS/c1-5-9(18-8-6-7-14-18)10(19)15-12-17-16-11(20-12)13(2,3)4/h6-9H,5H2,1-4H3,(H,15,17,19). The number of nitrogens with zero attached hydrogens (tertiary/aromatic N) is 4. The lowest BCUT2D eigenvalue weighted by Crippen LogP contribution is -2.25. The topological polar surface area (TPSA) is 72.7 Å². The summed E-state index contributed by atoms with van der Waals surface area (Å²) in [5.41, 5.74) is -0.0627. The fourth-order valence-electron chi connectivity index (χ4n) is 1.72. The maximum atomic E-state index is 12.3. The average Bonchev–Trinajstić information content (AvgIpc) is 3.00. The molecule has 7 heteroatoms. The van der Waals surface area contributed by atoms with E-state index in [1.54, 1.807) is 23.1 Å². The lowest BCUT2D eigenvalue weighted by atomic mass is 9.98. The Bertz CT molecular complexity index is 570. The van der Waals surface area contributed by atoms with E-state index < -0.39 is 0 Å².